The van der Waals surface area contributed by atoms with Gasteiger partial charge in [0.05, 0.1) is 34.2 Å². The van der Waals surface area contributed by atoms with Crippen LogP contribution >= 0.6 is 23.2 Å². The monoisotopic (exact) mass is 510 g/mol. The number of esters is 1. The summed E-state index contributed by atoms with van der Waals surface area (Å²) in [6.45, 7) is 0.111. The van der Waals surface area contributed by atoms with Crippen molar-refractivity contribution in [2.75, 3.05) is 16.3 Å². The van der Waals surface area contributed by atoms with Crippen LogP contribution in [0.1, 0.15) is 12.8 Å². The molecule has 2 aliphatic heterocycles. The van der Waals surface area contributed by atoms with Crippen molar-refractivity contribution < 1.29 is 23.9 Å². The Morgan fingerprint density at radius 1 is 0.943 bits per heavy atom. The van der Waals surface area contributed by atoms with Crippen molar-refractivity contribution >= 4 is 58.3 Å². The molecule has 6 rings (SSSR count). The molecule has 2 aliphatic carbocycles. The van der Waals surface area contributed by atoms with Crippen LogP contribution in [0.25, 0.3) is 0 Å². The van der Waals surface area contributed by atoms with Gasteiger partial charge in [-0.15, -0.1) is 0 Å². The number of imide groups is 1. The van der Waals surface area contributed by atoms with Crippen molar-refractivity contribution in [1.29, 1.82) is 0 Å². The smallest absolute Gasteiger partial charge is 0.316 e. The van der Waals surface area contributed by atoms with E-state index < -0.39 is 11.9 Å². The lowest BCUT2D eigenvalue weighted by molar-refractivity contribution is -0.139. The lowest BCUT2D eigenvalue weighted by Gasteiger charge is -2.19. The van der Waals surface area contributed by atoms with Crippen molar-refractivity contribution in [3.8, 4) is 5.75 Å². The van der Waals surface area contributed by atoms with Crippen LogP contribution in [-0.4, -0.2) is 30.2 Å². The lowest BCUT2D eigenvalue weighted by Crippen LogP contribution is -2.32. The number of allylic oxidation sites excluding steroid dienone is 2. The van der Waals surface area contributed by atoms with Crippen LogP contribution in [0.5, 0.6) is 5.75 Å². The molecule has 7 nitrogen and oxygen atoms in total. The molecule has 1 saturated carbocycles. The maximum Gasteiger partial charge on any atom is 0.316 e. The van der Waals surface area contributed by atoms with Crippen molar-refractivity contribution in [3.05, 3.63) is 64.7 Å². The van der Waals surface area contributed by atoms with Gasteiger partial charge in [-0.3, -0.25) is 19.2 Å². The van der Waals surface area contributed by atoms with Crippen LogP contribution in [0, 0.1) is 29.6 Å². The first kappa shape index (κ1) is 22.3. The number of benzene rings is 2. The van der Waals surface area contributed by atoms with E-state index in [0.29, 0.717) is 21.4 Å². The summed E-state index contributed by atoms with van der Waals surface area (Å²) in [6, 6.07) is 11.2. The highest BCUT2D eigenvalue weighted by Crippen LogP contribution is 2.53. The summed E-state index contributed by atoms with van der Waals surface area (Å²) in [5.41, 5.74) is 0.829. The molecule has 2 aromatic rings. The quantitative estimate of drug-likeness (QED) is 0.265. The van der Waals surface area contributed by atoms with E-state index in [4.69, 9.17) is 27.9 Å². The summed E-state index contributed by atoms with van der Waals surface area (Å²) in [5.74, 6) is -2.11. The Morgan fingerprint density at radius 3 is 2.37 bits per heavy atom. The highest BCUT2D eigenvalue weighted by atomic mass is 35.5. The second kappa shape index (κ2) is 8.21. The van der Waals surface area contributed by atoms with E-state index in [9.17, 15) is 19.2 Å². The third-order valence-corrected chi connectivity index (χ3v) is 7.98. The molecule has 2 aromatic carbocycles. The van der Waals surface area contributed by atoms with Gasteiger partial charge in [0.1, 0.15) is 5.75 Å². The first-order valence-electron chi connectivity index (χ1n) is 11.4. The number of rotatable bonds is 4. The minimum Gasteiger partial charge on any atom is -0.426 e. The number of hydrogen-bond donors (Lipinski definition) is 0. The SMILES string of the molecule is O=C(Oc1cccc(N2C(=O)[C@H]3[C@H](C2=O)[C@H]2C=C[C@H]3C2)c1)[C@H]1CC(=O)N(c2cc(Cl)ccc2Cl)C1. The zero-order valence-corrected chi connectivity index (χ0v) is 19.9. The number of carbonyl (C=O) groups excluding carboxylic acids is 4. The topological polar surface area (TPSA) is 84.0 Å². The van der Waals surface area contributed by atoms with Gasteiger partial charge in [0.2, 0.25) is 17.7 Å². The van der Waals surface area contributed by atoms with E-state index in [0.717, 1.165) is 6.42 Å². The molecular weight excluding hydrogens is 491 g/mol. The van der Waals surface area contributed by atoms with Gasteiger partial charge in [-0.25, -0.2) is 4.90 Å². The predicted octanol–water partition coefficient (Wildman–Crippen LogP) is 4.26. The fourth-order valence-corrected chi connectivity index (χ4v) is 6.22. The number of ether oxygens (including phenoxy) is 1. The van der Waals surface area contributed by atoms with Crippen molar-refractivity contribution in [2.24, 2.45) is 29.6 Å². The van der Waals surface area contributed by atoms with Gasteiger partial charge in [0, 0.05) is 24.1 Å². The number of carbonyl (C=O) groups is 4. The zero-order valence-electron chi connectivity index (χ0n) is 18.4. The minimum absolute atomic E-state index is 0.0242. The summed E-state index contributed by atoms with van der Waals surface area (Å²) >= 11 is 12.3. The number of nitrogens with zero attached hydrogens (tertiary/aromatic N) is 2. The fraction of sp³-hybridized carbons (Fsp3) is 0.308. The zero-order chi connectivity index (χ0) is 24.4. The van der Waals surface area contributed by atoms with Gasteiger partial charge in [-0.1, -0.05) is 41.4 Å². The first-order chi connectivity index (χ1) is 16.8. The lowest BCUT2D eigenvalue weighted by atomic mass is 9.85. The molecule has 2 heterocycles. The molecule has 0 radical (unpaired) electrons. The maximum absolute atomic E-state index is 13.1. The first-order valence-corrected chi connectivity index (χ1v) is 12.2. The van der Waals surface area contributed by atoms with Crippen LogP contribution in [0.3, 0.4) is 0 Å². The molecule has 2 saturated heterocycles. The van der Waals surface area contributed by atoms with E-state index in [2.05, 4.69) is 0 Å². The van der Waals surface area contributed by atoms with Crippen LogP contribution in [0.2, 0.25) is 10.0 Å². The third-order valence-electron chi connectivity index (χ3n) is 7.42. The third kappa shape index (κ3) is 3.56. The molecule has 0 aromatic heterocycles. The molecule has 3 amide bonds. The Labute approximate surface area is 211 Å². The Bertz CT molecular complexity index is 1290. The molecule has 0 unspecified atom stereocenters. The van der Waals surface area contributed by atoms with Crippen LogP contribution in [0.4, 0.5) is 11.4 Å². The van der Waals surface area contributed by atoms with Gasteiger partial charge in [0.25, 0.3) is 0 Å². The highest BCUT2D eigenvalue weighted by Gasteiger charge is 2.59. The number of halogens is 2. The predicted molar refractivity (Wildman–Crippen MR) is 129 cm³/mol. The molecule has 3 fully saturated rings. The van der Waals surface area contributed by atoms with Crippen LogP contribution < -0.4 is 14.5 Å². The Morgan fingerprint density at radius 2 is 1.66 bits per heavy atom. The molecule has 0 spiro atoms. The summed E-state index contributed by atoms with van der Waals surface area (Å²) < 4.78 is 5.57. The molecule has 178 valence electrons. The number of fused-ring (bicyclic) bond motifs is 5. The second-order valence-corrected chi connectivity index (χ2v) is 10.3. The van der Waals surface area contributed by atoms with Gasteiger partial charge in [-0.2, -0.15) is 0 Å². The standard InChI is InChI=1S/C26H20Cl2N2O5/c27-16-6-7-19(28)20(10-16)29-12-15(9-21(29)31)26(34)35-18-3-1-2-17(11-18)30-24(32)22-13-4-5-14(8-13)23(22)25(30)33/h1-7,10-11,13-15,22-23H,8-9,12H2/t13-,14-,15-,22+,23+/m0/s1. The van der Waals surface area contributed by atoms with Crippen LogP contribution in [-0.2, 0) is 19.2 Å². The van der Waals surface area contributed by atoms with Crippen LogP contribution in [0.15, 0.2) is 54.6 Å². The summed E-state index contributed by atoms with van der Waals surface area (Å²) in [5, 5.41) is 0.789. The van der Waals surface area contributed by atoms with Crippen molar-refractivity contribution in [2.45, 2.75) is 12.8 Å². The Kier molecular flexibility index (Phi) is 5.23. The van der Waals surface area contributed by atoms with E-state index >= 15 is 0 Å². The molecular formula is C26H20Cl2N2O5. The largest absolute Gasteiger partial charge is 0.426 e. The van der Waals surface area contributed by atoms with E-state index in [-0.39, 0.29) is 60.1 Å². The van der Waals surface area contributed by atoms with Gasteiger partial charge < -0.3 is 9.64 Å². The van der Waals surface area contributed by atoms with Gasteiger partial charge in [0.15, 0.2) is 0 Å². The number of amides is 3. The van der Waals surface area contributed by atoms with E-state index in [1.54, 1.807) is 36.4 Å². The average molecular weight is 511 g/mol. The molecule has 2 bridgehead atoms. The molecule has 4 aliphatic rings. The molecule has 9 heteroatoms. The Hall–Kier alpha value is -3.16. The van der Waals surface area contributed by atoms with Gasteiger partial charge in [-0.05, 0) is 48.6 Å². The van der Waals surface area contributed by atoms with Crippen molar-refractivity contribution in [1.82, 2.24) is 0 Å². The summed E-state index contributed by atoms with van der Waals surface area (Å²) in [6.07, 6.45) is 4.92. The molecule has 35 heavy (non-hydrogen) atoms. The second-order valence-electron chi connectivity index (χ2n) is 9.43. The maximum atomic E-state index is 13.1. The normalized spacial score (nSPS) is 28.9. The van der Waals surface area contributed by atoms with Gasteiger partial charge >= 0.3 is 5.97 Å². The fourth-order valence-electron chi connectivity index (χ4n) is 5.83. The molecule has 0 N–H and O–H groups in total. The minimum atomic E-state index is -0.697. The van der Waals surface area contributed by atoms with Crippen molar-refractivity contribution in [3.63, 3.8) is 0 Å². The van der Waals surface area contributed by atoms with E-state index in [1.807, 2.05) is 12.2 Å². The summed E-state index contributed by atoms with van der Waals surface area (Å²) in [7, 11) is 0. The summed E-state index contributed by atoms with van der Waals surface area (Å²) in [4.78, 5) is 54.3. The van der Waals surface area contributed by atoms with E-state index in [1.165, 1.54) is 15.9 Å². The number of anilines is 2. The number of hydrogen-bond acceptors (Lipinski definition) is 5. The molecule has 5 atom stereocenters. The average Bonchev–Trinajstić information content (AvgIpc) is 3.59. The Balaban J connectivity index is 1.18. The highest BCUT2D eigenvalue weighted by molar-refractivity contribution is 6.36.